The van der Waals surface area contributed by atoms with E-state index < -0.39 is 0 Å². The molecule has 7 nitrogen and oxygen atoms in total. The van der Waals surface area contributed by atoms with Crippen LogP contribution in [-0.4, -0.2) is 32.3 Å². The van der Waals surface area contributed by atoms with Crippen LogP contribution in [0, 0.1) is 13.8 Å². The Kier molecular flexibility index (Phi) is 5.03. The standard InChI is InChI=1S/C20H19N5O2S/c1-13-5-3-4-6-17(13)27-12-18(26)21-11-15-7-9-16(10-8-15)19-24-25-14(2)22-23-20(25)28-19/h3-10H,11-12H2,1-2H3,(H,21,26). The Balaban J connectivity index is 1.33. The third-order valence-electron chi connectivity index (χ3n) is 4.29. The topological polar surface area (TPSA) is 81.4 Å². The predicted octanol–water partition coefficient (Wildman–Crippen LogP) is 3.16. The number of rotatable bonds is 6. The first kappa shape index (κ1) is 18.1. The fraction of sp³-hybridized carbons (Fsp3) is 0.200. The Hall–Kier alpha value is -3.26. The minimum Gasteiger partial charge on any atom is -0.484 e. The number of nitrogens with zero attached hydrogens (tertiary/aromatic N) is 4. The minimum atomic E-state index is -0.156. The molecule has 1 amide bonds. The van der Waals surface area contributed by atoms with Crippen LogP contribution in [0.1, 0.15) is 17.0 Å². The van der Waals surface area contributed by atoms with Gasteiger partial charge in [-0.2, -0.15) is 9.61 Å². The zero-order valence-corrected chi connectivity index (χ0v) is 16.4. The summed E-state index contributed by atoms with van der Waals surface area (Å²) in [5.74, 6) is 1.34. The SMILES string of the molecule is Cc1ccccc1OCC(=O)NCc1ccc(-c2nn3c(C)nnc3s2)cc1. The van der Waals surface area contributed by atoms with Crippen molar-refractivity contribution in [2.24, 2.45) is 0 Å². The van der Waals surface area contributed by atoms with Crippen molar-refractivity contribution in [3.05, 3.63) is 65.5 Å². The lowest BCUT2D eigenvalue weighted by atomic mass is 10.1. The molecule has 142 valence electrons. The summed E-state index contributed by atoms with van der Waals surface area (Å²) >= 11 is 1.49. The summed E-state index contributed by atoms with van der Waals surface area (Å²) in [5.41, 5.74) is 3.02. The first-order chi connectivity index (χ1) is 13.6. The molecule has 0 bridgehead atoms. The van der Waals surface area contributed by atoms with Crippen LogP contribution in [0.25, 0.3) is 15.5 Å². The highest BCUT2D eigenvalue weighted by molar-refractivity contribution is 7.19. The number of hydrogen-bond donors (Lipinski definition) is 1. The van der Waals surface area contributed by atoms with Crippen LogP contribution in [-0.2, 0) is 11.3 Å². The van der Waals surface area contributed by atoms with Crippen molar-refractivity contribution in [2.75, 3.05) is 6.61 Å². The summed E-state index contributed by atoms with van der Waals surface area (Å²) in [4.78, 5) is 12.8. The van der Waals surface area contributed by atoms with Crippen molar-refractivity contribution in [1.29, 1.82) is 0 Å². The molecule has 0 atom stereocenters. The van der Waals surface area contributed by atoms with E-state index in [0.29, 0.717) is 6.54 Å². The molecule has 1 N–H and O–H groups in total. The number of para-hydroxylation sites is 1. The lowest BCUT2D eigenvalue weighted by Gasteiger charge is -2.09. The van der Waals surface area contributed by atoms with E-state index in [1.54, 1.807) is 4.52 Å². The Bertz CT molecular complexity index is 1120. The molecule has 4 aromatic rings. The van der Waals surface area contributed by atoms with Crippen LogP contribution in [0.3, 0.4) is 0 Å². The van der Waals surface area contributed by atoms with Gasteiger partial charge in [0.15, 0.2) is 12.4 Å². The minimum absolute atomic E-state index is 0.00473. The van der Waals surface area contributed by atoms with Gasteiger partial charge in [-0.15, -0.1) is 10.2 Å². The van der Waals surface area contributed by atoms with Gasteiger partial charge in [0, 0.05) is 12.1 Å². The van der Waals surface area contributed by atoms with E-state index in [0.717, 1.165) is 38.2 Å². The van der Waals surface area contributed by atoms with Gasteiger partial charge >= 0.3 is 0 Å². The molecule has 0 aliphatic heterocycles. The third kappa shape index (κ3) is 3.86. The fourth-order valence-electron chi connectivity index (χ4n) is 2.71. The number of nitrogens with one attached hydrogen (secondary N) is 1. The number of benzene rings is 2. The molecule has 0 aliphatic carbocycles. The lowest BCUT2D eigenvalue weighted by molar-refractivity contribution is -0.123. The molecule has 0 saturated carbocycles. The second-order valence-corrected chi connectivity index (χ2v) is 7.33. The Labute approximate surface area is 166 Å². The molecule has 2 aromatic carbocycles. The van der Waals surface area contributed by atoms with Crippen molar-refractivity contribution >= 4 is 22.2 Å². The van der Waals surface area contributed by atoms with E-state index in [1.165, 1.54) is 11.3 Å². The van der Waals surface area contributed by atoms with Crippen LogP contribution >= 0.6 is 11.3 Å². The molecule has 0 saturated heterocycles. The Morgan fingerprint density at radius 1 is 1.11 bits per heavy atom. The van der Waals surface area contributed by atoms with Crippen LogP contribution in [0.15, 0.2) is 48.5 Å². The maximum atomic E-state index is 12.0. The molecule has 4 rings (SSSR count). The Morgan fingerprint density at radius 3 is 2.64 bits per heavy atom. The van der Waals surface area contributed by atoms with E-state index in [-0.39, 0.29) is 12.5 Å². The lowest BCUT2D eigenvalue weighted by Crippen LogP contribution is -2.28. The zero-order valence-electron chi connectivity index (χ0n) is 15.5. The summed E-state index contributed by atoms with van der Waals surface area (Å²) < 4.78 is 7.30. The summed E-state index contributed by atoms with van der Waals surface area (Å²) in [6.45, 7) is 4.26. The van der Waals surface area contributed by atoms with E-state index in [2.05, 4.69) is 20.6 Å². The van der Waals surface area contributed by atoms with Crippen molar-refractivity contribution in [3.8, 4) is 16.3 Å². The number of hydrogen-bond acceptors (Lipinski definition) is 6. The molecule has 0 unspecified atom stereocenters. The van der Waals surface area contributed by atoms with E-state index in [9.17, 15) is 4.79 Å². The molecule has 0 radical (unpaired) electrons. The van der Waals surface area contributed by atoms with Crippen LogP contribution in [0.5, 0.6) is 5.75 Å². The van der Waals surface area contributed by atoms with Crippen LogP contribution in [0.4, 0.5) is 0 Å². The highest BCUT2D eigenvalue weighted by Gasteiger charge is 2.10. The number of amides is 1. The smallest absolute Gasteiger partial charge is 0.258 e. The first-order valence-electron chi connectivity index (χ1n) is 8.83. The van der Waals surface area contributed by atoms with Gasteiger partial charge in [-0.3, -0.25) is 4.79 Å². The van der Waals surface area contributed by atoms with Crippen LogP contribution < -0.4 is 10.1 Å². The average molecular weight is 393 g/mol. The quantitative estimate of drug-likeness (QED) is 0.544. The van der Waals surface area contributed by atoms with Gasteiger partial charge in [-0.25, -0.2) is 0 Å². The number of carbonyl (C=O) groups is 1. The molecule has 2 heterocycles. The normalized spacial score (nSPS) is 10.9. The van der Waals surface area contributed by atoms with Crippen molar-refractivity contribution in [2.45, 2.75) is 20.4 Å². The van der Waals surface area contributed by atoms with Gasteiger partial charge in [-0.1, -0.05) is 53.8 Å². The monoisotopic (exact) mass is 393 g/mol. The highest BCUT2D eigenvalue weighted by Crippen LogP contribution is 2.25. The van der Waals surface area contributed by atoms with Crippen molar-refractivity contribution < 1.29 is 9.53 Å². The zero-order chi connectivity index (χ0) is 19.5. The van der Waals surface area contributed by atoms with E-state index in [4.69, 9.17) is 4.74 Å². The summed E-state index contributed by atoms with van der Waals surface area (Å²) in [7, 11) is 0. The largest absolute Gasteiger partial charge is 0.484 e. The highest BCUT2D eigenvalue weighted by atomic mass is 32.1. The van der Waals surface area contributed by atoms with Crippen LogP contribution in [0.2, 0.25) is 0 Å². The Morgan fingerprint density at radius 2 is 1.89 bits per heavy atom. The summed E-state index contributed by atoms with van der Waals surface area (Å²) in [5, 5.41) is 16.4. The number of aryl methyl sites for hydroxylation is 2. The molecule has 0 spiro atoms. The fourth-order valence-corrected chi connectivity index (χ4v) is 3.60. The van der Waals surface area contributed by atoms with Gasteiger partial charge in [0.2, 0.25) is 4.96 Å². The van der Waals surface area contributed by atoms with Crippen molar-refractivity contribution in [3.63, 3.8) is 0 Å². The average Bonchev–Trinajstić information content (AvgIpc) is 3.28. The molecular formula is C20H19N5O2S. The maximum absolute atomic E-state index is 12.0. The summed E-state index contributed by atoms with van der Waals surface area (Å²) in [6.07, 6.45) is 0. The van der Waals surface area contributed by atoms with Gasteiger partial charge < -0.3 is 10.1 Å². The maximum Gasteiger partial charge on any atom is 0.258 e. The van der Waals surface area contributed by atoms with Gasteiger partial charge in [0.1, 0.15) is 10.8 Å². The van der Waals surface area contributed by atoms with E-state index in [1.807, 2.05) is 62.4 Å². The molecular weight excluding hydrogens is 374 g/mol. The number of aromatic nitrogens is 4. The first-order valence-corrected chi connectivity index (χ1v) is 9.65. The van der Waals surface area contributed by atoms with Gasteiger partial charge in [-0.05, 0) is 31.0 Å². The van der Waals surface area contributed by atoms with Gasteiger partial charge in [0.25, 0.3) is 5.91 Å². The second kappa shape index (κ2) is 7.77. The molecule has 28 heavy (non-hydrogen) atoms. The molecule has 0 fully saturated rings. The number of ether oxygens (including phenoxy) is 1. The third-order valence-corrected chi connectivity index (χ3v) is 5.24. The molecule has 2 aromatic heterocycles. The van der Waals surface area contributed by atoms with Crippen molar-refractivity contribution in [1.82, 2.24) is 25.1 Å². The summed E-state index contributed by atoms with van der Waals surface area (Å²) in [6, 6.07) is 15.6. The van der Waals surface area contributed by atoms with E-state index >= 15 is 0 Å². The number of fused-ring (bicyclic) bond motifs is 1. The van der Waals surface area contributed by atoms with Gasteiger partial charge in [0.05, 0.1) is 0 Å². The second-order valence-electron chi connectivity index (χ2n) is 6.38. The predicted molar refractivity (Wildman–Crippen MR) is 107 cm³/mol. The number of carbonyl (C=O) groups excluding carboxylic acids is 1. The molecule has 0 aliphatic rings. The molecule has 8 heteroatoms.